The Morgan fingerprint density at radius 2 is 1.69 bits per heavy atom. The van der Waals surface area contributed by atoms with Gasteiger partial charge in [0, 0.05) is 38.4 Å². The fourth-order valence-electron chi connectivity index (χ4n) is 2.98. The Balaban J connectivity index is 1.45. The molecule has 1 aliphatic heterocycles. The number of benzene rings is 2. The molecular formula is C20H24FN3O2. The Morgan fingerprint density at radius 1 is 1.04 bits per heavy atom. The van der Waals surface area contributed by atoms with E-state index in [1.54, 1.807) is 12.1 Å². The van der Waals surface area contributed by atoms with E-state index in [2.05, 4.69) is 10.2 Å². The second kappa shape index (κ2) is 8.56. The van der Waals surface area contributed by atoms with E-state index in [0.717, 1.165) is 30.1 Å². The standard InChI is InChI=1S/C20H24FN3O2/c1-2-26-19-9-3-16(4-10-19)15-22-20(25)24-13-11-23(12-14-24)18-7-5-17(21)6-8-18/h3-10H,2,11-15H2,1H3,(H,22,25). The zero-order valence-corrected chi connectivity index (χ0v) is 15.0. The smallest absolute Gasteiger partial charge is 0.317 e. The van der Waals surface area contributed by atoms with Crippen LogP contribution in [0.2, 0.25) is 0 Å². The van der Waals surface area contributed by atoms with E-state index >= 15 is 0 Å². The Kier molecular flexibility index (Phi) is 5.94. The van der Waals surface area contributed by atoms with E-state index in [1.165, 1.54) is 12.1 Å². The first kappa shape index (κ1) is 18.0. The van der Waals surface area contributed by atoms with Crippen LogP contribution in [0.25, 0.3) is 0 Å². The van der Waals surface area contributed by atoms with Crippen molar-refractivity contribution in [2.45, 2.75) is 13.5 Å². The maximum absolute atomic E-state index is 13.0. The number of anilines is 1. The van der Waals surface area contributed by atoms with Crippen molar-refractivity contribution in [2.75, 3.05) is 37.7 Å². The van der Waals surface area contributed by atoms with Crippen molar-refractivity contribution in [3.05, 3.63) is 59.9 Å². The molecule has 0 radical (unpaired) electrons. The van der Waals surface area contributed by atoms with Crippen molar-refractivity contribution in [3.8, 4) is 5.75 Å². The number of halogens is 1. The molecule has 1 aliphatic rings. The third-order valence-corrected chi connectivity index (χ3v) is 4.44. The number of hydrogen-bond acceptors (Lipinski definition) is 3. The summed E-state index contributed by atoms with van der Waals surface area (Å²) in [4.78, 5) is 16.3. The van der Waals surface area contributed by atoms with E-state index < -0.39 is 0 Å². The third-order valence-electron chi connectivity index (χ3n) is 4.44. The molecule has 3 rings (SSSR count). The number of nitrogens with one attached hydrogen (secondary N) is 1. The van der Waals surface area contributed by atoms with Crippen LogP contribution in [-0.4, -0.2) is 43.7 Å². The predicted octanol–water partition coefficient (Wildman–Crippen LogP) is 3.26. The second-order valence-corrected chi connectivity index (χ2v) is 6.19. The molecule has 2 aromatic rings. The molecule has 0 saturated carbocycles. The maximum atomic E-state index is 13.0. The highest BCUT2D eigenvalue weighted by molar-refractivity contribution is 5.74. The molecule has 1 saturated heterocycles. The van der Waals surface area contributed by atoms with Crippen molar-refractivity contribution in [1.29, 1.82) is 0 Å². The van der Waals surface area contributed by atoms with E-state index in [-0.39, 0.29) is 11.8 Å². The minimum Gasteiger partial charge on any atom is -0.494 e. The lowest BCUT2D eigenvalue weighted by molar-refractivity contribution is 0.194. The summed E-state index contributed by atoms with van der Waals surface area (Å²) in [7, 11) is 0. The van der Waals surface area contributed by atoms with E-state index in [9.17, 15) is 9.18 Å². The molecule has 2 amide bonds. The van der Waals surface area contributed by atoms with E-state index in [1.807, 2.05) is 36.1 Å². The van der Waals surface area contributed by atoms with Gasteiger partial charge in [-0.05, 0) is 48.9 Å². The Hall–Kier alpha value is -2.76. The van der Waals surface area contributed by atoms with Gasteiger partial charge in [-0.3, -0.25) is 0 Å². The largest absolute Gasteiger partial charge is 0.494 e. The topological polar surface area (TPSA) is 44.8 Å². The van der Waals surface area contributed by atoms with Gasteiger partial charge in [-0.25, -0.2) is 9.18 Å². The molecule has 0 atom stereocenters. The van der Waals surface area contributed by atoms with Crippen molar-refractivity contribution in [2.24, 2.45) is 0 Å². The first-order valence-electron chi connectivity index (χ1n) is 8.90. The summed E-state index contributed by atoms with van der Waals surface area (Å²) < 4.78 is 18.4. The Morgan fingerprint density at radius 3 is 2.31 bits per heavy atom. The lowest BCUT2D eigenvalue weighted by Gasteiger charge is -2.36. The number of rotatable bonds is 5. The number of urea groups is 1. The van der Waals surface area contributed by atoms with Gasteiger partial charge in [0.2, 0.25) is 0 Å². The van der Waals surface area contributed by atoms with Crippen molar-refractivity contribution < 1.29 is 13.9 Å². The van der Waals surface area contributed by atoms with Crippen LogP contribution in [0.4, 0.5) is 14.9 Å². The maximum Gasteiger partial charge on any atom is 0.317 e. The highest BCUT2D eigenvalue weighted by Gasteiger charge is 2.21. The summed E-state index contributed by atoms with van der Waals surface area (Å²) in [5, 5.41) is 2.96. The summed E-state index contributed by atoms with van der Waals surface area (Å²) in [5.74, 6) is 0.598. The van der Waals surface area contributed by atoms with Gasteiger partial charge < -0.3 is 19.9 Å². The van der Waals surface area contributed by atoms with Crippen LogP contribution in [0.1, 0.15) is 12.5 Å². The molecule has 0 aromatic heterocycles. The summed E-state index contributed by atoms with van der Waals surface area (Å²) in [5.41, 5.74) is 2.02. The van der Waals surface area contributed by atoms with Gasteiger partial charge in [0.15, 0.2) is 0 Å². The second-order valence-electron chi connectivity index (χ2n) is 6.19. The minimum absolute atomic E-state index is 0.0577. The van der Waals surface area contributed by atoms with E-state index in [0.29, 0.717) is 26.2 Å². The van der Waals surface area contributed by atoms with Gasteiger partial charge in [-0.2, -0.15) is 0 Å². The van der Waals surface area contributed by atoms with Gasteiger partial charge in [0.05, 0.1) is 6.61 Å². The summed E-state index contributed by atoms with van der Waals surface area (Å²) in [6.07, 6.45) is 0. The van der Waals surface area contributed by atoms with Gasteiger partial charge in [0.1, 0.15) is 11.6 Å². The van der Waals surface area contributed by atoms with Gasteiger partial charge in [-0.1, -0.05) is 12.1 Å². The SMILES string of the molecule is CCOc1ccc(CNC(=O)N2CCN(c3ccc(F)cc3)CC2)cc1. The third kappa shape index (κ3) is 4.65. The molecule has 138 valence electrons. The normalized spacial score (nSPS) is 14.2. The van der Waals surface area contributed by atoms with Crippen LogP contribution < -0.4 is 15.0 Å². The average Bonchev–Trinajstić information content (AvgIpc) is 2.68. The number of nitrogens with zero attached hydrogens (tertiary/aromatic N) is 2. The molecule has 5 nitrogen and oxygen atoms in total. The first-order valence-corrected chi connectivity index (χ1v) is 8.90. The molecule has 6 heteroatoms. The zero-order chi connectivity index (χ0) is 18.4. The number of carbonyl (C=O) groups excluding carboxylic acids is 1. The zero-order valence-electron chi connectivity index (χ0n) is 15.0. The molecule has 0 unspecified atom stereocenters. The van der Waals surface area contributed by atoms with Crippen LogP contribution in [0.3, 0.4) is 0 Å². The van der Waals surface area contributed by atoms with Crippen molar-refractivity contribution in [1.82, 2.24) is 10.2 Å². The first-order chi connectivity index (χ1) is 12.7. The highest BCUT2D eigenvalue weighted by Crippen LogP contribution is 2.17. The summed E-state index contributed by atoms with van der Waals surface area (Å²) in [6, 6.07) is 14.1. The summed E-state index contributed by atoms with van der Waals surface area (Å²) >= 11 is 0. The lowest BCUT2D eigenvalue weighted by atomic mass is 10.2. The Bertz CT molecular complexity index is 711. The van der Waals surface area contributed by atoms with Crippen LogP contribution in [0.15, 0.2) is 48.5 Å². The lowest BCUT2D eigenvalue weighted by Crippen LogP contribution is -2.51. The number of ether oxygens (including phenoxy) is 1. The molecule has 0 aliphatic carbocycles. The quantitative estimate of drug-likeness (QED) is 0.893. The molecule has 0 spiro atoms. The molecule has 26 heavy (non-hydrogen) atoms. The highest BCUT2D eigenvalue weighted by atomic mass is 19.1. The monoisotopic (exact) mass is 357 g/mol. The number of amides is 2. The van der Waals surface area contributed by atoms with Crippen molar-refractivity contribution in [3.63, 3.8) is 0 Å². The van der Waals surface area contributed by atoms with Crippen molar-refractivity contribution >= 4 is 11.7 Å². The number of hydrogen-bond donors (Lipinski definition) is 1. The average molecular weight is 357 g/mol. The van der Waals surface area contributed by atoms with Gasteiger partial charge >= 0.3 is 6.03 Å². The van der Waals surface area contributed by atoms with Crippen LogP contribution in [0.5, 0.6) is 5.75 Å². The Labute approximate surface area is 153 Å². The van der Waals surface area contributed by atoms with Crippen LogP contribution >= 0.6 is 0 Å². The molecule has 1 N–H and O–H groups in total. The molecule has 0 bridgehead atoms. The molecule has 1 heterocycles. The molecular weight excluding hydrogens is 333 g/mol. The predicted molar refractivity (Wildman–Crippen MR) is 100 cm³/mol. The fraction of sp³-hybridized carbons (Fsp3) is 0.350. The molecule has 2 aromatic carbocycles. The fourth-order valence-corrected chi connectivity index (χ4v) is 2.98. The number of carbonyl (C=O) groups is 1. The van der Waals surface area contributed by atoms with Crippen LogP contribution in [0, 0.1) is 5.82 Å². The van der Waals surface area contributed by atoms with E-state index in [4.69, 9.17) is 4.74 Å². The number of piperazine rings is 1. The summed E-state index contributed by atoms with van der Waals surface area (Å²) in [6.45, 7) is 5.84. The minimum atomic E-state index is -0.235. The van der Waals surface area contributed by atoms with Gasteiger partial charge in [-0.15, -0.1) is 0 Å². The van der Waals surface area contributed by atoms with Crippen LogP contribution in [-0.2, 0) is 6.54 Å². The van der Waals surface area contributed by atoms with Gasteiger partial charge in [0.25, 0.3) is 0 Å². The molecule has 1 fully saturated rings.